The number of hydrogen-bond donors (Lipinski definition) is 3. The Labute approximate surface area is 298 Å². The first-order valence-corrected chi connectivity index (χ1v) is 16.6. The van der Waals surface area contributed by atoms with Gasteiger partial charge >= 0.3 is 0 Å². The molecular formula is C32H45F3N6O7S2. The van der Waals surface area contributed by atoms with E-state index in [0.717, 1.165) is 0 Å². The minimum absolute atomic E-state index is 0. The normalized spacial score (nSPS) is 12.1. The van der Waals surface area contributed by atoms with Crippen molar-refractivity contribution in [2.45, 2.75) is 19.6 Å². The number of ether oxygens (including phenoxy) is 2. The van der Waals surface area contributed by atoms with Crippen molar-refractivity contribution >= 4 is 52.5 Å². The van der Waals surface area contributed by atoms with E-state index < -0.39 is 13.6 Å². The van der Waals surface area contributed by atoms with Gasteiger partial charge in [-0.25, -0.2) is 23.1 Å². The molecule has 278 valence electrons. The van der Waals surface area contributed by atoms with Crippen LogP contribution in [-0.4, -0.2) is 109 Å². The SMILES string of the molecule is COCC(COC)n1cc(C(=O)N2CCNCC2)c(=O)c2cc(-c3cnc(NC(C)=O)cc3-c3nc(CF)cs3)ccc21.CS.FCF.O.O.[HH]. The number of thiol groups is 1. The standard InChI is InChI=1S/C30H33FN6O5S.CH2F2.CH4S.2H2O.H2/c1-18(38)34-27-11-22(29-35-20(12-31)17-43-29)24(13-33-27)19-4-5-26-23(10-19)28(39)25(30(40)36-8-6-32-7-9-36)14-37(26)21(15-41-2)16-42-3;2-1-3;1-2;;;/h4-5,10-11,13-14,17,21,32H,6-9,12,15-16H2,1-3H3,(H,33,34,38);1H2;2H,1H3;2*1H2;1H. The van der Waals surface area contributed by atoms with Crippen molar-refractivity contribution in [1.29, 1.82) is 0 Å². The number of rotatable bonds is 10. The Morgan fingerprint density at radius 1 is 1.08 bits per heavy atom. The van der Waals surface area contributed by atoms with Crippen molar-refractivity contribution in [2.75, 3.05) is 72.1 Å². The second-order valence-electron chi connectivity index (χ2n) is 10.3. The fourth-order valence-corrected chi connectivity index (χ4v) is 6.04. The molecule has 0 spiro atoms. The molecule has 4 heterocycles. The van der Waals surface area contributed by atoms with Crippen LogP contribution in [0.25, 0.3) is 32.6 Å². The first kappa shape index (κ1) is 44.1. The predicted octanol–water partition coefficient (Wildman–Crippen LogP) is 3.52. The number of nitrogens with zero attached hydrogens (tertiary/aromatic N) is 4. The Morgan fingerprint density at radius 3 is 2.28 bits per heavy atom. The third-order valence-electron chi connectivity index (χ3n) is 7.22. The van der Waals surface area contributed by atoms with Gasteiger partial charge in [0, 0.05) is 83.0 Å². The van der Waals surface area contributed by atoms with E-state index in [-0.39, 0.29) is 41.2 Å². The Bertz CT molecular complexity index is 1740. The number of alkyl halides is 3. The van der Waals surface area contributed by atoms with Gasteiger partial charge in [0.05, 0.1) is 30.5 Å². The maximum absolute atomic E-state index is 14.0. The van der Waals surface area contributed by atoms with E-state index in [1.54, 1.807) is 55.3 Å². The second kappa shape index (κ2) is 22.0. The summed E-state index contributed by atoms with van der Waals surface area (Å²) in [4.78, 5) is 49.9. The van der Waals surface area contributed by atoms with E-state index in [2.05, 4.69) is 33.2 Å². The molecule has 0 radical (unpaired) electrons. The number of carbonyl (C=O) groups excluding carboxylic acids is 2. The number of halogens is 3. The summed E-state index contributed by atoms with van der Waals surface area (Å²) in [5.74, 6) is -0.300. The van der Waals surface area contributed by atoms with E-state index in [1.165, 1.54) is 18.3 Å². The highest BCUT2D eigenvalue weighted by atomic mass is 32.1. The number of nitrogens with one attached hydrogen (secondary N) is 2. The molecule has 0 saturated carbocycles. The molecule has 3 aromatic heterocycles. The largest absolute Gasteiger partial charge is 0.412 e. The van der Waals surface area contributed by atoms with Crippen LogP contribution in [0.5, 0.6) is 0 Å². The highest BCUT2D eigenvalue weighted by molar-refractivity contribution is 7.79. The van der Waals surface area contributed by atoms with Gasteiger partial charge in [-0.1, -0.05) is 6.07 Å². The number of anilines is 1. The quantitative estimate of drug-likeness (QED) is 0.206. The van der Waals surface area contributed by atoms with Crippen LogP contribution in [0.1, 0.15) is 30.4 Å². The highest BCUT2D eigenvalue weighted by Gasteiger charge is 2.25. The lowest BCUT2D eigenvalue weighted by atomic mass is 9.98. The molecule has 1 aromatic carbocycles. The molecule has 1 fully saturated rings. The molecule has 1 saturated heterocycles. The summed E-state index contributed by atoms with van der Waals surface area (Å²) >= 11 is 4.80. The smallest absolute Gasteiger partial charge is 0.259 e. The molecule has 4 aromatic rings. The topological polar surface area (TPSA) is 191 Å². The number of amides is 2. The maximum Gasteiger partial charge on any atom is 0.259 e. The van der Waals surface area contributed by atoms with Gasteiger partial charge in [0.1, 0.15) is 23.1 Å². The number of thiazole rings is 1. The zero-order valence-electron chi connectivity index (χ0n) is 28.1. The summed E-state index contributed by atoms with van der Waals surface area (Å²) < 4.78 is 45.4. The Hall–Kier alpha value is -3.91. The molecule has 0 unspecified atom stereocenters. The number of methoxy groups -OCH3 is 2. The summed E-state index contributed by atoms with van der Waals surface area (Å²) in [7, 11) is 3.18. The summed E-state index contributed by atoms with van der Waals surface area (Å²) in [6.07, 6.45) is 4.89. The number of fused-ring (bicyclic) bond motifs is 1. The Morgan fingerprint density at radius 2 is 1.72 bits per heavy atom. The molecule has 18 heteroatoms. The molecule has 1 aliphatic heterocycles. The first-order valence-electron chi connectivity index (χ1n) is 14.8. The zero-order chi connectivity index (χ0) is 35.2. The minimum atomic E-state index is -1.75. The van der Waals surface area contributed by atoms with Crippen LogP contribution in [0.15, 0.2) is 46.8 Å². The van der Waals surface area contributed by atoms with E-state index in [9.17, 15) is 27.6 Å². The van der Waals surface area contributed by atoms with Gasteiger partial charge in [-0.15, -0.1) is 11.3 Å². The molecular weight excluding hydrogens is 702 g/mol. The summed E-state index contributed by atoms with van der Waals surface area (Å²) in [6, 6.07) is 6.79. The van der Waals surface area contributed by atoms with Gasteiger partial charge < -0.3 is 40.5 Å². The molecule has 0 aliphatic carbocycles. The highest BCUT2D eigenvalue weighted by Crippen LogP contribution is 2.36. The van der Waals surface area contributed by atoms with Crippen LogP contribution in [-0.2, 0) is 20.9 Å². The molecule has 5 rings (SSSR count). The minimum Gasteiger partial charge on any atom is -0.412 e. The number of carbonyl (C=O) groups is 2. The third-order valence-corrected chi connectivity index (χ3v) is 8.14. The van der Waals surface area contributed by atoms with Crippen LogP contribution in [0.4, 0.5) is 19.0 Å². The fraction of sp³-hybridized carbons (Fsp3) is 0.406. The molecule has 0 atom stereocenters. The van der Waals surface area contributed by atoms with Crippen LogP contribution in [0.2, 0.25) is 0 Å². The van der Waals surface area contributed by atoms with E-state index in [4.69, 9.17) is 9.47 Å². The maximum atomic E-state index is 14.0. The monoisotopic (exact) mass is 746 g/mol. The van der Waals surface area contributed by atoms with Crippen molar-refractivity contribution in [3.63, 3.8) is 0 Å². The van der Waals surface area contributed by atoms with Crippen molar-refractivity contribution in [1.82, 2.24) is 24.8 Å². The lowest BCUT2D eigenvalue weighted by Gasteiger charge is -2.28. The summed E-state index contributed by atoms with van der Waals surface area (Å²) in [5, 5.41) is 8.42. The van der Waals surface area contributed by atoms with E-state index >= 15 is 0 Å². The molecule has 2 amide bonds. The van der Waals surface area contributed by atoms with E-state index in [0.29, 0.717) is 83.5 Å². The van der Waals surface area contributed by atoms with E-state index in [1.807, 2.05) is 16.7 Å². The van der Waals surface area contributed by atoms with Gasteiger partial charge in [0.25, 0.3) is 5.91 Å². The van der Waals surface area contributed by atoms with Gasteiger partial charge in [-0.05, 0) is 30.0 Å². The average molecular weight is 747 g/mol. The number of aromatic nitrogens is 3. The zero-order valence-corrected chi connectivity index (χ0v) is 29.8. The Kier molecular flexibility index (Phi) is 19.4. The van der Waals surface area contributed by atoms with Crippen molar-refractivity contribution in [3.05, 3.63) is 63.5 Å². The Balaban J connectivity index is 0.00000297. The van der Waals surface area contributed by atoms with Gasteiger partial charge in [0.2, 0.25) is 18.3 Å². The lowest BCUT2D eigenvalue weighted by Crippen LogP contribution is -2.47. The van der Waals surface area contributed by atoms with Crippen molar-refractivity contribution < 1.29 is 44.6 Å². The van der Waals surface area contributed by atoms with Crippen LogP contribution in [0, 0.1) is 0 Å². The second-order valence-corrected chi connectivity index (χ2v) is 11.2. The van der Waals surface area contributed by atoms with Crippen LogP contribution < -0.4 is 16.1 Å². The summed E-state index contributed by atoms with van der Waals surface area (Å²) in [5.41, 5.74) is 2.48. The molecule has 50 heavy (non-hydrogen) atoms. The van der Waals surface area contributed by atoms with Gasteiger partial charge in [-0.2, -0.15) is 12.6 Å². The molecule has 6 N–H and O–H groups in total. The van der Waals surface area contributed by atoms with Crippen LogP contribution in [0.3, 0.4) is 0 Å². The van der Waals surface area contributed by atoms with Crippen molar-refractivity contribution in [3.8, 4) is 21.7 Å². The number of benzene rings is 1. The predicted molar refractivity (Wildman–Crippen MR) is 195 cm³/mol. The number of hydrogen-bond acceptors (Lipinski definition) is 10. The van der Waals surface area contributed by atoms with Crippen molar-refractivity contribution in [2.24, 2.45) is 0 Å². The number of pyridine rings is 2. The van der Waals surface area contributed by atoms with Gasteiger partial charge in [0.15, 0.2) is 0 Å². The number of piperazine rings is 1. The third kappa shape index (κ3) is 10.8. The average Bonchev–Trinajstić information content (AvgIpc) is 3.59. The first-order chi connectivity index (χ1) is 23.3. The molecule has 0 bridgehead atoms. The van der Waals surface area contributed by atoms with Gasteiger partial charge in [-0.3, -0.25) is 14.4 Å². The summed E-state index contributed by atoms with van der Waals surface area (Å²) in [6.45, 7) is 1.83. The fourth-order valence-electron chi connectivity index (χ4n) is 5.21. The lowest BCUT2D eigenvalue weighted by molar-refractivity contribution is -0.114. The van der Waals surface area contributed by atoms with Crippen LogP contribution >= 0.6 is 24.0 Å². The molecule has 1 aliphatic rings. The molecule has 13 nitrogen and oxygen atoms in total.